The van der Waals surface area contributed by atoms with Gasteiger partial charge in [0.2, 0.25) is 5.91 Å². The Balaban J connectivity index is 0.00000192. The van der Waals surface area contributed by atoms with E-state index in [9.17, 15) is 9.18 Å². The van der Waals surface area contributed by atoms with Gasteiger partial charge in [0, 0.05) is 6.42 Å². The molecule has 1 amide bonds. The van der Waals surface area contributed by atoms with Gasteiger partial charge >= 0.3 is 0 Å². The summed E-state index contributed by atoms with van der Waals surface area (Å²) in [5.41, 5.74) is 1.03. The molecule has 0 bridgehead atoms. The van der Waals surface area contributed by atoms with Crippen molar-refractivity contribution in [3.63, 3.8) is 0 Å². The van der Waals surface area contributed by atoms with Gasteiger partial charge < -0.3 is 10.6 Å². The topological polar surface area (TPSA) is 41.1 Å². The van der Waals surface area contributed by atoms with Crippen LogP contribution in [-0.4, -0.2) is 19.0 Å². The van der Waals surface area contributed by atoms with Crippen molar-refractivity contribution >= 4 is 18.3 Å². The van der Waals surface area contributed by atoms with Crippen LogP contribution in [0.15, 0.2) is 24.3 Å². The molecule has 1 saturated carbocycles. The van der Waals surface area contributed by atoms with E-state index in [0.29, 0.717) is 18.3 Å². The van der Waals surface area contributed by atoms with Crippen LogP contribution in [-0.2, 0) is 4.79 Å². The van der Waals surface area contributed by atoms with Crippen LogP contribution in [0.2, 0.25) is 0 Å². The minimum absolute atomic E-state index is 0. The molecule has 0 aromatic heterocycles. The Morgan fingerprint density at radius 2 is 2.00 bits per heavy atom. The van der Waals surface area contributed by atoms with Crippen molar-refractivity contribution in [1.82, 2.24) is 10.6 Å². The fourth-order valence-corrected chi connectivity index (χ4v) is 3.46. The quantitative estimate of drug-likeness (QED) is 0.830. The highest BCUT2D eigenvalue weighted by Gasteiger charge is 2.29. The molecule has 2 atom stereocenters. The zero-order valence-corrected chi connectivity index (χ0v) is 14.2. The summed E-state index contributed by atoms with van der Waals surface area (Å²) in [5, 5.41) is 6.53. The van der Waals surface area contributed by atoms with E-state index in [1.165, 1.54) is 25.0 Å². The Bertz CT molecular complexity index is 498. The van der Waals surface area contributed by atoms with Gasteiger partial charge in [-0.1, -0.05) is 18.6 Å². The lowest BCUT2D eigenvalue weighted by Gasteiger charge is -2.34. The molecule has 1 aromatic rings. The van der Waals surface area contributed by atoms with Crippen LogP contribution in [0.3, 0.4) is 0 Å². The molecule has 0 radical (unpaired) electrons. The second-order valence-electron chi connectivity index (χ2n) is 6.69. The third-order valence-electron chi connectivity index (χ3n) is 5.11. The lowest BCUT2D eigenvalue weighted by Crippen LogP contribution is -2.36. The van der Waals surface area contributed by atoms with E-state index in [1.54, 1.807) is 12.1 Å². The molecule has 1 heterocycles. The Labute approximate surface area is 143 Å². The van der Waals surface area contributed by atoms with Crippen molar-refractivity contribution in [2.45, 2.75) is 44.6 Å². The predicted molar refractivity (Wildman–Crippen MR) is 92.1 cm³/mol. The van der Waals surface area contributed by atoms with Gasteiger partial charge in [-0.05, 0) is 68.3 Å². The number of benzene rings is 1. The van der Waals surface area contributed by atoms with Crippen molar-refractivity contribution < 1.29 is 9.18 Å². The molecule has 23 heavy (non-hydrogen) atoms. The number of carbonyl (C=O) groups excluding carboxylic acids is 1. The smallest absolute Gasteiger partial charge is 0.220 e. The minimum Gasteiger partial charge on any atom is -0.349 e. The van der Waals surface area contributed by atoms with Crippen LogP contribution in [0.5, 0.6) is 0 Å². The van der Waals surface area contributed by atoms with E-state index < -0.39 is 0 Å². The zero-order valence-electron chi connectivity index (χ0n) is 13.4. The van der Waals surface area contributed by atoms with Crippen molar-refractivity contribution in [2.75, 3.05) is 13.1 Å². The normalized spacial score (nSPS) is 22.0. The summed E-state index contributed by atoms with van der Waals surface area (Å²) in [6, 6.07) is 6.62. The average Bonchev–Trinajstić information content (AvgIpc) is 2.97. The highest BCUT2D eigenvalue weighted by Crippen LogP contribution is 2.37. The molecule has 2 N–H and O–H groups in total. The molecular weight excluding hydrogens is 315 g/mol. The monoisotopic (exact) mass is 340 g/mol. The molecular formula is C18H26ClFN2O. The molecule has 3 nitrogen and oxygen atoms in total. The summed E-state index contributed by atoms with van der Waals surface area (Å²) < 4.78 is 13.1. The second kappa shape index (κ2) is 8.65. The molecule has 1 aliphatic carbocycles. The Morgan fingerprint density at radius 1 is 1.26 bits per heavy atom. The van der Waals surface area contributed by atoms with Crippen LogP contribution < -0.4 is 10.6 Å². The molecule has 0 spiro atoms. The first-order valence-electron chi connectivity index (χ1n) is 8.48. The molecule has 2 unspecified atom stereocenters. The van der Waals surface area contributed by atoms with Crippen molar-refractivity contribution in [2.24, 2.45) is 11.8 Å². The molecule has 5 heteroatoms. The molecule has 1 aliphatic heterocycles. The number of carbonyl (C=O) groups is 1. The van der Waals surface area contributed by atoms with Crippen molar-refractivity contribution in [3.8, 4) is 0 Å². The summed E-state index contributed by atoms with van der Waals surface area (Å²) in [4.78, 5) is 12.3. The van der Waals surface area contributed by atoms with E-state index in [0.717, 1.165) is 37.9 Å². The summed E-state index contributed by atoms with van der Waals surface area (Å²) in [6.45, 7) is 2.11. The van der Waals surface area contributed by atoms with E-state index >= 15 is 0 Å². The van der Waals surface area contributed by atoms with Crippen molar-refractivity contribution in [3.05, 3.63) is 35.6 Å². The van der Waals surface area contributed by atoms with Gasteiger partial charge in [0.15, 0.2) is 0 Å². The van der Waals surface area contributed by atoms with Crippen LogP contribution in [0, 0.1) is 17.7 Å². The number of halogens is 2. The third kappa shape index (κ3) is 4.92. The highest BCUT2D eigenvalue weighted by atomic mass is 35.5. The van der Waals surface area contributed by atoms with E-state index in [4.69, 9.17) is 0 Å². The van der Waals surface area contributed by atoms with Gasteiger partial charge in [-0.25, -0.2) is 4.39 Å². The van der Waals surface area contributed by atoms with E-state index in [1.807, 2.05) is 0 Å². The first kappa shape index (κ1) is 18.2. The maximum absolute atomic E-state index is 13.1. The number of hydrogen-bond donors (Lipinski definition) is 2. The Kier molecular flexibility index (Phi) is 6.85. The predicted octanol–water partition coefficient (Wildman–Crippen LogP) is 3.59. The maximum Gasteiger partial charge on any atom is 0.220 e. The minimum atomic E-state index is -0.226. The summed E-state index contributed by atoms with van der Waals surface area (Å²) >= 11 is 0. The molecule has 1 aromatic carbocycles. The molecule has 2 fully saturated rings. The van der Waals surface area contributed by atoms with Crippen LogP contribution in [0.4, 0.5) is 4.39 Å². The highest BCUT2D eigenvalue weighted by molar-refractivity contribution is 5.85. The maximum atomic E-state index is 13.1. The first-order chi connectivity index (χ1) is 10.7. The zero-order chi connectivity index (χ0) is 15.4. The first-order valence-corrected chi connectivity index (χ1v) is 8.48. The second-order valence-corrected chi connectivity index (χ2v) is 6.69. The summed E-state index contributed by atoms with van der Waals surface area (Å²) in [7, 11) is 0. The molecule has 3 rings (SSSR count). The standard InChI is InChI=1S/C18H25FN2O.ClH/c19-16-7-5-15(6-8-16)18(14-2-1-3-14)21-17(22)9-4-13-10-11-20-12-13;/h5-8,13-14,18,20H,1-4,9-12H2,(H,21,22);1H. The molecule has 2 aliphatic rings. The number of rotatable bonds is 6. The van der Waals surface area contributed by atoms with Gasteiger partial charge in [0.05, 0.1) is 6.04 Å². The Morgan fingerprint density at radius 3 is 2.57 bits per heavy atom. The fourth-order valence-electron chi connectivity index (χ4n) is 3.46. The third-order valence-corrected chi connectivity index (χ3v) is 5.11. The molecule has 128 valence electrons. The van der Waals surface area contributed by atoms with Crippen LogP contribution >= 0.6 is 12.4 Å². The van der Waals surface area contributed by atoms with Gasteiger partial charge in [-0.3, -0.25) is 4.79 Å². The van der Waals surface area contributed by atoms with Crippen LogP contribution in [0.25, 0.3) is 0 Å². The van der Waals surface area contributed by atoms with Crippen molar-refractivity contribution in [1.29, 1.82) is 0 Å². The van der Waals surface area contributed by atoms with Gasteiger partial charge in [-0.15, -0.1) is 12.4 Å². The number of amides is 1. The molecule has 1 saturated heterocycles. The van der Waals surface area contributed by atoms with Crippen LogP contribution in [0.1, 0.15) is 50.1 Å². The SMILES string of the molecule is Cl.O=C(CCC1CCNC1)NC(c1ccc(F)cc1)C1CCC1. The largest absolute Gasteiger partial charge is 0.349 e. The van der Waals surface area contributed by atoms with Gasteiger partial charge in [0.1, 0.15) is 5.82 Å². The summed E-state index contributed by atoms with van der Waals surface area (Å²) in [5.74, 6) is 1.05. The fraction of sp³-hybridized carbons (Fsp3) is 0.611. The lowest BCUT2D eigenvalue weighted by molar-refractivity contribution is -0.122. The average molecular weight is 341 g/mol. The van der Waals surface area contributed by atoms with Gasteiger partial charge in [0.25, 0.3) is 0 Å². The lowest BCUT2D eigenvalue weighted by atomic mass is 9.77. The van der Waals surface area contributed by atoms with E-state index in [2.05, 4.69) is 10.6 Å². The summed E-state index contributed by atoms with van der Waals surface area (Å²) in [6.07, 6.45) is 6.25. The van der Waals surface area contributed by atoms with Gasteiger partial charge in [-0.2, -0.15) is 0 Å². The van der Waals surface area contributed by atoms with E-state index in [-0.39, 0.29) is 30.2 Å². The Hall–Kier alpha value is -1.13. The number of nitrogens with one attached hydrogen (secondary N) is 2. The number of hydrogen-bond acceptors (Lipinski definition) is 2.